The monoisotopic (exact) mass is 298 g/mol. The van der Waals surface area contributed by atoms with E-state index in [1.165, 1.54) is 0 Å². The van der Waals surface area contributed by atoms with Gasteiger partial charge >= 0.3 is 6.03 Å². The second-order valence-electron chi connectivity index (χ2n) is 3.98. The van der Waals surface area contributed by atoms with Gasteiger partial charge in [0.05, 0.1) is 6.54 Å². The molecule has 1 saturated heterocycles. The molecule has 92 valence electrons. The molecule has 0 aromatic heterocycles. The van der Waals surface area contributed by atoms with Crippen LogP contribution in [0.15, 0.2) is 22.7 Å². The van der Waals surface area contributed by atoms with Crippen molar-refractivity contribution < 1.29 is 9.53 Å². The van der Waals surface area contributed by atoms with Gasteiger partial charge in [-0.05, 0) is 30.7 Å². The molecule has 0 spiro atoms. The van der Waals surface area contributed by atoms with E-state index in [1.54, 1.807) is 4.90 Å². The average molecular weight is 299 g/mol. The third-order valence-corrected chi connectivity index (χ3v) is 3.59. The van der Waals surface area contributed by atoms with Crippen LogP contribution >= 0.6 is 15.9 Å². The van der Waals surface area contributed by atoms with Gasteiger partial charge in [0, 0.05) is 17.6 Å². The molecule has 0 radical (unpaired) electrons. The Bertz CT molecular complexity index is 423. The summed E-state index contributed by atoms with van der Waals surface area (Å²) in [4.78, 5) is 13.0. The number of carbonyl (C=O) groups is 1. The normalized spacial score (nSPS) is 14.9. The summed E-state index contributed by atoms with van der Waals surface area (Å²) in [7, 11) is 0. The maximum atomic E-state index is 11.3. The van der Waals surface area contributed by atoms with Crippen molar-refractivity contribution in [3.63, 3.8) is 0 Å². The highest BCUT2D eigenvalue weighted by atomic mass is 79.9. The predicted molar refractivity (Wildman–Crippen MR) is 69.3 cm³/mol. The van der Waals surface area contributed by atoms with E-state index >= 15 is 0 Å². The smallest absolute Gasteiger partial charge is 0.317 e. The van der Waals surface area contributed by atoms with Crippen LogP contribution in [0.25, 0.3) is 0 Å². The highest BCUT2D eigenvalue weighted by Crippen LogP contribution is 2.21. The molecule has 1 fully saturated rings. The molecule has 2 amide bonds. The van der Waals surface area contributed by atoms with Crippen LogP contribution in [-0.4, -0.2) is 37.2 Å². The highest BCUT2D eigenvalue weighted by molar-refractivity contribution is 9.10. The lowest BCUT2D eigenvalue weighted by atomic mass is 10.2. The standard InChI is InChI=1S/C12H15BrN2O2/c1-9-8-10(2-3-11(9)13)17-7-6-15-5-4-14-12(15)16/h2-3,8H,4-7H2,1H3,(H,14,16). The quantitative estimate of drug-likeness (QED) is 0.925. The van der Waals surface area contributed by atoms with Crippen molar-refractivity contribution in [3.05, 3.63) is 28.2 Å². The minimum atomic E-state index is 0.000543. The summed E-state index contributed by atoms with van der Waals surface area (Å²) < 4.78 is 6.68. The van der Waals surface area contributed by atoms with Gasteiger partial charge in [0.2, 0.25) is 0 Å². The summed E-state index contributed by atoms with van der Waals surface area (Å²) in [6.07, 6.45) is 0. The van der Waals surface area contributed by atoms with E-state index in [9.17, 15) is 4.79 Å². The minimum Gasteiger partial charge on any atom is -0.492 e. The van der Waals surface area contributed by atoms with E-state index in [0.717, 1.165) is 28.9 Å². The van der Waals surface area contributed by atoms with Crippen LogP contribution in [-0.2, 0) is 0 Å². The predicted octanol–water partition coefficient (Wildman–Crippen LogP) is 2.16. The molecule has 2 rings (SSSR count). The Balaban J connectivity index is 1.81. The molecule has 1 aromatic rings. The molecule has 17 heavy (non-hydrogen) atoms. The van der Waals surface area contributed by atoms with Gasteiger partial charge in [-0.1, -0.05) is 15.9 Å². The number of aryl methyl sites for hydroxylation is 1. The summed E-state index contributed by atoms with van der Waals surface area (Å²) in [5.74, 6) is 0.838. The molecular weight excluding hydrogens is 284 g/mol. The maximum Gasteiger partial charge on any atom is 0.317 e. The number of carbonyl (C=O) groups excluding carboxylic acids is 1. The summed E-state index contributed by atoms with van der Waals surface area (Å²) in [5.41, 5.74) is 1.14. The molecule has 0 atom stereocenters. The van der Waals surface area contributed by atoms with Gasteiger partial charge in [-0.25, -0.2) is 4.79 Å². The highest BCUT2D eigenvalue weighted by Gasteiger charge is 2.18. The van der Waals surface area contributed by atoms with E-state index in [0.29, 0.717) is 13.2 Å². The molecule has 4 nitrogen and oxygen atoms in total. The number of amides is 2. The first-order chi connectivity index (χ1) is 8.16. The van der Waals surface area contributed by atoms with Gasteiger partial charge in [0.1, 0.15) is 12.4 Å². The fourth-order valence-electron chi connectivity index (χ4n) is 1.71. The van der Waals surface area contributed by atoms with Gasteiger partial charge in [-0.15, -0.1) is 0 Å². The van der Waals surface area contributed by atoms with E-state index < -0.39 is 0 Å². The number of nitrogens with one attached hydrogen (secondary N) is 1. The van der Waals surface area contributed by atoms with Gasteiger partial charge in [0.25, 0.3) is 0 Å². The number of hydrogen-bond acceptors (Lipinski definition) is 2. The third-order valence-electron chi connectivity index (χ3n) is 2.70. The lowest BCUT2D eigenvalue weighted by Gasteiger charge is -2.14. The van der Waals surface area contributed by atoms with Crippen LogP contribution < -0.4 is 10.1 Å². The van der Waals surface area contributed by atoms with Crippen LogP contribution in [0.3, 0.4) is 0 Å². The van der Waals surface area contributed by atoms with Crippen molar-refractivity contribution >= 4 is 22.0 Å². The fraction of sp³-hybridized carbons (Fsp3) is 0.417. The minimum absolute atomic E-state index is 0.000543. The molecule has 1 N–H and O–H groups in total. The summed E-state index contributed by atoms with van der Waals surface area (Å²) in [5, 5.41) is 2.76. The zero-order valence-electron chi connectivity index (χ0n) is 9.70. The molecule has 0 saturated carbocycles. The number of benzene rings is 1. The Morgan fingerprint density at radius 2 is 2.35 bits per heavy atom. The number of urea groups is 1. The van der Waals surface area contributed by atoms with Gasteiger partial charge in [0.15, 0.2) is 0 Å². The maximum absolute atomic E-state index is 11.3. The number of nitrogens with zero attached hydrogens (tertiary/aromatic N) is 1. The van der Waals surface area contributed by atoms with Crippen LogP contribution in [0.5, 0.6) is 5.75 Å². The third kappa shape index (κ3) is 3.12. The van der Waals surface area contributed by atoms with Crippen LogP contribution in [0.2, 0.25) is 0 Å². The second-order valence-corrected chi connectivity index (χ2v) is 4.83. The number of rotatable bonds is 4. The molecule has 1 heterocycles. The Morgan fingerprint density at radius 3 is 3.00 bits per heavy atom. The number of hydrogen-bond donors (Lipinski definition) is 1. The SMILES string of the molecule is Cc1cc(OCCN2CCNC2=O)ccc1Br. The van der Waals surface area contributed by atoms with Crippen LogP contribution in [0.4, 0.5) is 4.79 Å². The zero-order chi connectivity index (χ0) is 12.3. The van der Waals surface area contributed by atoms with Gasteiger partial charge < -0.3 is 15.0 Å². The van der Waals surface area contributed by atoms with Crippen LogP contribution in [0, 0.1) is 6.92 Å². The van der Waals surface area contributed by atoms with Crippen molar-refractivity contribution in [1.29, 1.82) is 0 Å². The van der Waals surface area contributed by atoms with Gasteiger partial charge in [-0.3, -0.25) is 0 Å². The van der Waals surface area contributed by atoms with Crippen molar-refractivity contribution in [2.45, 2.75) is 6.92 Å². The van der Waals surface area contributed by atoms with Crippen molar-refractivity contribution in [2.75, 3.05) is 26.2 Å². The number of ether oxygens (including phenoxy) is 1. The Labute approximate surface area is 109 Å². The molecule has 0 bridgehead atoms. The van der Waals surface area contributed by atoms with E-state index in [4.69, 9.17) is 4.74 Å². The van der Waals surface area contributed by atoms with Gasteiger partial charge in [-0.2, -0.15) is 0 Å². The zero-order valence-corrected chi connectivity index (χ0v) is 11.3. The Kier molecular flexibility index (Phi) is 3.89. The molecule has 0 aliphatic carbocycles. The van der Waals surface area contributed by atoms with Crippen molar-refractivity contribution in [1.82, 2.24) is 10.2 Å². The van der Waals surface area contributed by atoms with Crippen LogP contribution in [0.1, 0.15) is 5.56 Å². The lowest BCUT2D eigenvalue weighted by Crippen LogP contribution is -2.31. The largest absolute Gasteiger partial charge is 0.492 e. The molecule has 1 aromatic carbocycles. The molecule has 1 aliphatic heterocycles. The summed E-state index contributed by atoms with van der Waals surface area (Å²) in [6, 6.07) is 5.86. The molecule has 5 heteroatoms. The first kappa shape index (κ1) is 12.2. The first-order valence-corrected chi connectivity index (χ1v) is 6.38. The topological polar surface area (TPSA) is 41.6 Å². The lowest BCUT2D eigenvalue weighted by molar-refractivity contribution is 0.202. The van der Waals surface area contributed by atoms with E-state index in [1.807, 2.05) is 25.1 Å². The molecule has 0 unspecified atom stereocenters. The summed E-state index contributed by atoms with van der Waals surface area (Å²) in [6.45, 7) is 4.66. The molecular formula is C12H15BrN2O2. The number of halogens is 1. The summed E-state index contributed by atoms with van der Waals surface area (Å²) >= 11 is 3.44. The second kappa shape index (κ2) is 5.40. The van der Waals surface area contributed by atoms with Crippen molar-refractivity contribution in [3.8, 4) is 5.75 Å². The first-order valence-electron chi connectivity index (χ1n) is 5.58. The fourth-order valence-corrected chi connectivity index (χ4v) is 1.95. The Hall–Kier alpha value is -1.23. The average Bonchev–Trinajstić information content (AvgIpc) is 2.70. The Morgan fingerprint density at radius 1 is 1.53 bits per heavy atom. The van der Waals surface area contributed by atoms with E-state index in [-0.39, 0.29) is 6.03 Å². The molecule has 1 aliphatic rings. The van der Waals surface area contributed by atoms with Crippen molar-refractivity contribution in [2.24, 2.45) is 0 Å². The van der Waals surface area contributed by atoms with E-state index in [2.05, 4.69) is 21.2 Å².